The first-order chi connectivity index (χ1) is 8.22. The molecule has 0 saturated carbocycles. The first kappa shape index (κ1) is 12.3. The fourth-order valence-electron chi connectivity index (χ4n) is 2.44. The second kappa shape index (κ2) is 5.43. The molecule has 1 aromatic rings. The first-order valence-corrected chi connectivity index (χ1v) is 6.13. The van der Waals surface area contributed by atoms with Gasteiger partial charge in [-0.2, -0.15) is 0 Å². The molecule has 0 fully saturated rings. The molecule has 0 heterocycles. The van der Waals surface area contributed by atoms with E-state index in [0.29, 0.717) is 0 Å². The van der Waals surface area contributed by atoms with Gasteiger partial charge in [-0.15, -0.1) is 0 Å². The summed E-state index contributed by atoms with van der Waals surface area (Å²) >= 11 is 0. The maximum atomic E-state index is 13.3. The van der Waals surface area contributed by atoms with Gasteiger partial charge in [0.25, 0.3) is 0 Å². The molecule has 1 aromatic carbocycles. The van der Waals surface area contributed by atoms with Gasteiger partial charge in [0.1, 0.15) is 5.82 Å². The minimum atomic E-state index is -0.206. The van der Waals surface area contributed by atoms with Crippen molar-refractivity contribution in [3.63, 3.8) is 0 Å². The molecule has 2 nitrogen and oxygen atoms in total. The number of aryl methyl sites for hydroxylation is 1. The number of hydrogen-bond acceptors (Lipinski definition) is 2. The van der Waals surface area contributed by atoms with Crippen LogP contribution in [0.25, 0.3) is 0 Å². The summed E-state index contributed by atoms with van der Waals surface area (Å²) in [5, 5.41) is 0. The molecular formula is C14H19FN2. The van der Waals surface area contributed by atoms with Gasteiger partial charge in [-0.3, -0.25) is 5.84 Å². The lowest BCUT2D eigenvalue weighted by Crippen LogP contribution is -2.30. The number of nitrogens with two attached hydrogens (primary N) is 1. The quantitative estimate of drug-likeness (QED) is 0.479. The second-order valence-electron chi connectivity index (χ2n) is 4.63. The van der Waals surface area contributed by atoms with Gasteiger partial charge in [0.05, 0.1) is 6.04 Å². The molecule has 0 saturated heterocycles. The van der Waals surface area contributed by atoms with Crippen LogP contribution in [-0.4, -0.2) is 0 Å². The Labute approximate surface area is 102 Å². The summed E-state index contributed by atoms with van der Waals surface area (Å²) in [6.07, 6.45) is 6.81. The van der Waals surface area contributed by atoms with Crippen LogP contribution < -0.4 is 11.3 Å². The van der Waals surface area contributed by atoms with Crippen molar-refractivity contribution in [2.75, 3.05) is 0 Å². The van der Waals surface area contributed by atoms with Crippen molar-refractivity contribution in [2.45, 2.75) is 38.6 Å². The van der Waals surface area contributed by atoms with E-state index in [1.165, 1.54) is 24.5 Å². The molecule has 92 valence electrons. The van der Waals surface area contributed by atoms with Crippen molar-refractivity contribution in [1.82, 2.24) is 5.43 Å². The number of halogens is 1. The molecule has 1 aliphatic rings. The third kappa shape index (κ3) is 2.73. The van der Waals surface area contributed by atoms with Gasteiger partial charge in [0.15, 0.2) is 0 Å². The molecule has 1 unspecified atom stereocenters. The van der Waals surface area contributed by atoms with Crippen LogP contribution in [0, 0.1) is 12.7 Å². The van der Waals surface area contributed by atoms with E-state index in [2.05, 4.69) is 11.5 Å². The molecule has 0 amide bonds. The van der Waals surface area contributed by atoms with Gasteiger partial charge in [-0.1, -0.05) is 17.7 Å². The highest BCUT2D eigenvalue weighted by Gasteiger charge is 2.18. The van der Waals surface area contributed by atoms with Crippen LogP contribution in [0.5, 0.6) is 0 Å². The Balaban J connectivity index is 2.34. The number of hydrogen-bond donors (Lipinski definition) is 2. The minimum absolute atomic E-state index is 0.0500. The lowest BCUT2D eigenvalue weighted by molar-refractivity contribution is 0.557. The SMILES string of the molecule is Cc1ccc(F)cc1C(NN)C1=CCCCC1. The Morgan fingerprint density at radius 3 is 2.82 bits per heavy atom. The highest BCUT2D eigenvalue weighted by Crippen LogP contribution is 2.31. The fraction of sp³-hybridized carbons (Fsp3) is 0.429. The van der Waals surface area contributed by atoms with Gasteiger partial charge in [-0.25, -0.2) is 9.82 Å². The van der Waals surface area contributed by atoms with Crippen molar-refractivity contribution in [3.8, 4) is 0 Å². The molecule has 0 aliphatic heterocycles. The van der Waals surface area contributed by atoms with Gasteiger partial charge in [-0.05, 0) is 55.9 Å². The molecule has 0 radical (unpaired) electrons. The van der Waals surface area contributed by atoms with Gasteiger partial charge in [0.2, 0.25) is 0 Å². The lowest BCUT2D eigenvalue weighted by atomic mass is 9.88. The molecule has 0 aromatic heterocycles. The Hall–Kier alpha value is -1.19. The Morgan fingerprint density at radius 1 is 1.35 bits per heavy atom. The van der Waals surface area contributed by atoms with Crippen LogP contribution in [0.3, 0.4) is 0 Å². The van der Waals surface area contributed by atoms with E-state index < -0.39 is 0 Å². The molecule has 17 heavy (non-hydrogen) atoms. The molecular weight excluding hydrogens is 215 g/mol. The molecule has 0 bridgehead atoms. The average molecular weight is 234 g/mol. The summed E-state index contributed by atoms with van der Waals surface area (Å²) in [6, 6.07) is 4.82. The maximum Gasteiger partial charge on any atom is 0.123 e. The van der Waals surface area contributed by atoms with E-state index in [1.807, 2.05) is 6.92 Å². The Bertz CT molecular complexity index is 426. The van der Waals surface area contributed by atoms with Crippen molar-refractivity contribution in [1.29, 1.82) is 0 Å². The summed E-state index contributed by atoms with van der Waals surface area (Å²) < 4.78 is 13.3. The van der Waals surface area contributed by atoms with Crippen LogP contribution in [0.2, 0.25) is 0 Å². The summed E-state index contributed by atoms with van der Waals surface area (Å²) in [5.74, 6) is 5.44. The number of rotatable bonds is 3. The fourth-order valence-corrected chi connectivity index (χ4v) is 2.44. The summed E-state index contributed by atoms with van der Waals surface area (Å²) in [6.45, 7) is 1.99. The molecule has 1 atom stereocenters. The van der Waals surface area contributed by atoms with E-state index >= 15 is 0 Å². The van der Waals surface area contributed by atoms with Gasteiger partial charge in [0, 0.05) is 0 Å². The average Bonchev–Trinajstić information content (AvgIpc) is 2.36. The normalized spacial score (nSPS) is 17.7. The minimum Gasteiger partial charge on any atom is -0.271 e. The second-order valence-corrected chi connectivity index (χ2v) is 4.63. The topological polar surface area (TPSA) is 38.0 Å². The zero-order chi connectivity index (χ0) is 12.3. The van der Waals surface area contributed by atoms with E-state index in [9.17, 15) is 4.39 Å². The van der Waals surface area contributed by atoms with Crippen LogP contribution >= 0.6 is 0 Å². The predicted octanol–water partition coefficient (Wildman–Crippen LogP) is 3.14. The van der Waals surface area contributed by atoms with Crippen molar-refractivity contribution in [3.05, 3.63) is 46.8 Å². The van der Waals surface area contributed by atoms with E-state index in [-0.39, 0.29) is 11.9 Å². The number of benzene rings is 1. The van der Waals surface area contributed by atoms with Crippen molar-refractivity contribution < 1.29 is 4.39 Å². The summed E-state index contributed by atoms with van der Waals surface area (Å²) in [4.78, 5) is 0. The maximum absolute atomic E-state index is 13.3. The zero-order valence-electron chi connectivity index (χ0n) is 10.2. The molecule has 0 spiro atoms. The highest BCUT2D eigenvalue weighted by molar-refractivity contribution is 5.35. The number of allylic oxidation sites excluding steroid dienone is 1. The van der Waals surface area contributed by atoms with Crippen LogP contribution in [0.4, 0.5) is 4.39 Å². The van der Waals surface area contributed by atoms with Crippen LogP contribution in [-0.2, 0) is 0 Å². The van der Waals surface area contributed by atoms with Crippen LogP contribution in [0.1, 0.15) is 42.9 Å². The zero-order valence-corrected chi connectivity index (χ0v) is 10.2. The van der Waals surface area contributed by atoms with E-state index in [4.69, 9.17) is 5.84 Å². The molecule has 3 heteroatoms. The lowest BCUT2D eigenvalue weighted by Gasteiger charge is -2.24. The molecule has 3 N–H and O–H groups in total. The van der Waals surface area contributed by atoms with Crippen LogP contribution in [0.15, 0.2) is 29.8 Å². The van der Waals surface area contributed by atoms with Gasteiger partial charge >= 0.3 is 0 Å². The summed E-state index contributed by atoms with van der Waals surface area (Å²) in [7, 11) is 0. The first-order valence-electron chi connectivity index (χ1n) is 6.13. The number of nitrogens with one attached hydrogen (secondary N) is 1. The smallest absolute Gasteiger partial charge is 0.123 e. The predicted molar refractivity (Wildman–Crippen MR) is 67.8 cm³/mol. The Morgan fingerprint density at radius 2 is 2.18 bits per heavy atom. The van der Waals surface area contributed by atoms with Crippen molar-refractivity contribution in [2.24, 2.45) is 5.84 Å². The van der Waals surface area contributed by atoms with E-state index in [0.717, 1.165) is 24.0 Å². The Kier molecular flexibility index (Phi) is 3.92. The summed E-state index contributed by atoms with van der Waals surface area (Å²) in [5.41, 5.74) is 6.12. The number of hydrazine groups is 1. The van der Waals surface area contributed by atoms with Crippen molar-refractivity contribution >= 4 is 0 Å². The standard InChI is InChI=1S/C14H19FN2/c1-10-7-8-12(15)9-13(10)14(17-16)11-5-3-2-4-6-11/h5,7-9,14,17H,2-4,6,16H2,1H3. The third-order valence-electron chi connectivity index (χ3n) is 3.42. The monoisotopic (exact) mass is 234 g/mol. The molecule has 1 aliphatic carbocycles. The largest absolute Gasteiger partial charge is 0.271 e. The highest BCUT2D eigenvalue weighted by atomic mass is 19.1. The third-order valence-corrected chi connectivity index (χ3v) is 3.42. The molecule has 2 rings (SSSR count). The van der Waals surface area contributed by atoms with Gasteiger partial charge < -0.3 is 0 Å². The van der Waals surface area contributed by atoms with E-state index in [1.54, 1.807) is 12.1 Å².